The van der Waals surface area contributed by atoms with Gasteiger partial charge < -0.3 is 10.2 Å². The summed E-state index contributed by atoms with van der Waals surface area (Å²) in [7, 11) is 0. The van der Waals surface area contributed by atoms with Gasteiger partial charge in [-0.2, -0.15) is 0 Å². The number of benzene rings is 1. The molecule has 136 valence electrons. The highest BCUT2D eigenvalue weighted by Gasteiger charge is 2.32. The molecule has 0 radical (unpaired) electrons. The average molecular weight is 352 g/mol. The molecule has 2 aliphatic rings. The largest absolute Gasteiger partial charge is 0.321 e. The van der Waals surface area contributed by atoms with E-state index in [9.17, 15) is 4.79 Å². The van der Waals surface area contributed by atoms with Crippen molar-refractivity contribution in [1.29, 1.82) is 0 Å². The molecule has 1 aliphatic heterocycles. The van der Waals surface area contributed by atoms with Crippen molar-refractivity contribution in [2.45, 2.75) is 32.2 Å². The predicted octanol–water partition coefficient (Wildman–Crippen LogP) is 0.722. The molecule has 0 unspecified atom stereocenters. The molecule has 2 aromatic rings. The molecule has 2 heterocycles. The number of hydrogen-bond acceptors (Lipinski definition) is 2. The fraction of sp³-hybridized carbons (Fsp3) is 0.429. The Bertz CT molecular complexity index is 769. The number of H-pyrrole nitrogens is 1. The Balaban J connectivity index is 1.33. The number of anilines is 2. The smallest absolute Gasteiger partial charge is 0.282 e. The van der Waals surface area contributed by atoms with Gasteiger partial charge in [0.1, 0.15) is 26.2 Å². The zero-order chi connectivity index (χ0) is 17.9. The summed E-state index contributed by atoms with van der Waals surface area (Å²) in [6.07, 6.45) is 5.50. The van der Waals surface area contributed by atoms with Gasteiger partial charge in [-0.05, 0) is 55.5 Å². The van der Waals surface area contributed by atoms with Gasteiger partial charge in [0.15, 0.2) is 6.04 Å². The first-order valence-corrected chi connectivity index (χ1v) is 9.69. The summed E-state index contributed by atoms with van der Waals surface area (Å²) >= 11 is 0. The fourth-order valence-corrected chi connectivity index (χ4v) is 4.13. The topological polar surface area (TPSA) is 50.9 Å². The summed E-state index contributed by atoms with van der Waals surface area (Å²) in [5.74, 6) is 1.28. The zero-order valence-corrected chi connectivity index (χ0v) is 15.4. The van der Waals surface area contributed by atoms with E-state index < -0.39 is 0 Å². The van der Waals surface area contributed by atoms with Gasteiger partial charge in [-0.15, -0.1) is 0 Å². The number of carbonyl (C=O) groups is 1. The van der Waals surface area contributed by atoms with Crippen molar-refractivity contribution >= 4 is 17.4 Å². The summed E-state index contributed by atoms with van der Waals surface area (Å²) in [5.41, 5.74) is 3.78. The van der Waals surface area contributed by atoms with E-state index in [2.05, 4.69) is 39.5 Å². The van der Waals surface area contributed by atoms with Gasteiger partial charge in [0, 0.05) is 11.8 Å². The Kier molecular flexibility index (Phi) is 4.89. The number of aryl methyl sites for hydroxylation is 2. The molecule has 1 saturated heterocycles. The molecule has 1 aromatic heterocycles. The lowest BCUT2D eigenvalue weighted by Gasteiger charge is -2.31. The molecule has 26 heavy (non-hydrogen) atoms. The third-order valence-electron chi connectivity index (χ3n) is 5.81. The summed E-state index contributed by atoms with van der Waals surface area (Å²) < 4.78 is 0. The highest BCUT2D eigenvalue weighted by Crippen LogP contribution is 2.24. The number of amides is 1. The normalized spacial score (nSPS) is 18.4. The van der Waals surface area contributed by atoms with Crippen LogP contribution in [0.3, 0.4) is 0 Å². The van der Waals surface area contributed by atoms with Crippen LogP contribution in [0.2, 0.25) is 0 Å². The number of nitrogens with one attached hydrogen (secondary N) is 3. The van der Waals surface area contributed by atoms with E-state index >= 15 is 0 Å². The first-order chi connectivity index (χ1) is 12.7. The number of aromatic nitrogens is 1. The number of nitrogens with zero attached hydrogens (tertiary/aromatic N) is 1. The number of aromatic amines is 1. The molecule has 0 spiro atoms. The van der Waals surface area contributed by atoms with E-state index in [-0.39, 0.29) is 11.9 Å². The second kappa shape index (κ2) is 7.46. The number of piperazine rings is 1. The third kappa shape index (κ3) is 3.58. The van der Waals surface area contributed by atoms with Crippen molar-refractivity contribution in [3.05, 3.63) is 53.7 Å². The van der Waals surface area contributed by atoms with Crippen LogP contribution in [-0.4, -0.2) is 38.1 Å². The van der Waals surface area contributed by atoms with Crippen molar-refractivity contribution in [3.8, 4) is 0 Å². The van der Waals surface area contributed by atoms with Crippen molar-refractivity contribution in [2.75, 3.05) is 36.4 Å². The van der Waals surface area contributed by atoms with E-state index in [4.69, 9.17) is 0 Å². The molecule has 5 nitrogen and oxygen atoms in total. The summed E-state index contributed by atoms with van der Waals surface area (Å²) in [5, 5.41) is 3.13. The number of pyridine rings is 1. The average Bonchev–Trinajstić information content (AvgIpc) is 3.16. The van der Waals surface area contributed by atoms with Gasteiger partial charge >= 0.3 is 0 Å². The molecule has 5 heteroatoms. The molecule has 1 fully saturated rings. The van der Waals surface area contributed by atoms with E-state index in [1.165, 1.54) is 28.9 Å². The standard InChI is InChI=1S/C21H26N4O/c1-16(21(26)23-19-9-8-17-5-4-6-18(17)15-19)24-11-13-25(14-12-24)20-7-2-3-10-22-20/h2-3,7-10,15-16H,4-6,11-14H2,1H3,(H,23,26)/p+2/t16-/m1/s1. The predicted molar refractivity (Wildman–Crippen MR) is 102 cm³/mol. The van der Waals surface area contributed by atoms with Gasteiger partial charge in [0.05, 0.1) is 6.20 Å². The zero-order valence-electron chi connectivity index (χ0n) is 15.4. The van der Waals surface area contributed by atoms with Crippen LogP contribution >= 0.6 is 0 Å². The van der Waals surface area contributed by atoms with Gasteiger partial charge in [-0.25, -0.2) is 4.98 Å². The maximum Gasteiger partial charge on any atom is 0.282 e. The molecule has 4 rings (SSSR count). The number of fused-ring (bicyclic) bond motifs is 1. The maximum atomic E-state index is 12.7. The van der Waals surface area contributed by atoms with E-state index in [1.807, 2.05) is 25.3 Å². The lowest BCUT2D eigenvalue weighted by molar-refractivity contribution is -0.914. The van der Waals surface area contributed by atoms with Crippen LogP contribution in [0.4, 0.5) is 11.5 Å². The monoisotopic (exact) mass is 352 g/mol. The molecular formula is C21H28N4O+2. The van der Waals surface area contributed by atoms with Crippen molar-refractivity contribution in [3.63, 3.8) is 0 Å². The number of hydrogen-bond donors (Lipinski definition) is 2. The molecule has 1 atom stereocenters. The van der Waals surface area contributed by atoms with Gasteiger partial charge in [-0.3, -0.25) is 9.69 Å². The SMILES string of the molecule is C[C@H](C(=O)Nc1ccc2c(c1)CCC2)[NH+]1CCN(c2cccc[nH+]2)CC1. The van der Waals surface area contributed by atoms with Crippen LogP contribution in [0.15, 0.2) is 42.6 Å². The summed E-state index contributed by atoms with van der Waals surface area (Å²) in [6, 6.07) is 12.5. The quantitative estimate of drug-likeness (QED) is 0.852. The van der Waals surface area contributed by atoms with Crippen LogP contribution in [0.1, 0.15) is 24.5 Å². The highest BCUT2D eigenvalue weighted by molar-refractivity contribution is 5.93. The minimum absolute atomic E-state index is 0.0369. The van der Waals surface area contributed by atoms with E-state index in [0.717, 1.165) is 44.1 Å². The minimum Gasteiger partial charge on any atom is -0.321 e. The second-order valence-electron chi connectivity index (χ2n) is 7.44. The second-order valence-corrected chi connectivity index (χ2v) is 7.44. The molecule has 0 saturated carbocycles. The van der Waals surface area contributed by atoms with Crippen LogP contribution in [0.25, 0.3) is 0 Å². The first kappa shape index (κ1) is 17.0. The third-order valence-corrected chi connectivity index (χ3v) is 5.81. The van der Waals surface area contributed by atoms with Crippen LogP contribution < -0.4 is 20.1 Å². The molecule has 1 aliphatic carbocycles. The Morgan fingerprint density at radius 2 is 1.96 bits per heavy atom. The van der Waals surface area contributed by atoms with Gasteiger partial charge in [0.2, 0.25) is 0 Å². The molecule has 3 N–H and O–H groups in total. The molecule has 0 bridgehead atoms. The van der Waals surface area contributed by atoms with Crippen LogP contribution in [0, 0.1) is 0 Å². The molecular weight excluding hydrogens is 324 g/mol. The first-order valence-electron chi connectivity index (χ1n) is 9.69. The fourth-order valence-electron chi connectivity index (χ4n) is 4.13. The lowest BCUT2D eigenvalue weighted by atomic mass is 10.1. The number of rotatable bonds is 4. The number of quaternary nitrogens is 1. The highest BCUT2D eigenvalue weighted by atomic mass is 16.2. The van der Waals surface area contributed by atoms with Crippen LogP contribution in [0.5, 0.6) is 0 Å². The Hall–Kier alpha value is -2.40. The number of carbonyl (C=O) groups excluding carboxylic acids is 1. The Morgan fingerprint density at radius 3 is 2.73 bits per heavy atom. The Labute approximate surface area is 155 Å². The molecule has 1 amide bonds. The summed E-state index contributed by atoms with van der Waals surface area (Å²) in [6.45, 7) is 5.92. The van der Waals surface area contributed by atoms with Gasteiger partial charge in [-0.1, -0.05) is 12.1 Å². The van der Waals surface area contributed by atoms with Crippen molar-refractivity contribution < 1.29 is 14.7 Å². The van der Waals surface area contributed by atoms with Crippen molar-refractivity contribution in [1.82, 2.24) is 0 Å². The lowest BCUT2D eigenvalue weighted by Crippen LogP contribution is -3.19. The summed E-state index contributed by atoms with van der Waals surface area (Å²) in [4.78, 5) is 19.7. The minimum atomic E-state index is -0.0369. The molecule has 1 aromatic carbocycles. The van der Waals surface area contributed by atoms with E-state index in [1.54, 1.807) is 0 Å². The van der Waals surface area contributed by atoms with Gasteiger partial charge in [0.25, 0.3) is 11.7 Å². The maximum absolute atomic E-state index is 12.7. The van der Waals surface area contributed by atoms with Crippen LogP contribution in [-0.2, 0) is 17.6 Å². The van der Waals surface area contributed by atoms with Crippen molar-refractivity contribution in [2.24, 2.45) is 0 Å². The Morgan fingerprint density at radius 1 is 1.15 bits per heavy atom. The van der Waals surface area contributed by atoms with E-state index in [0.29, 0.717) is 0 Å².